The van der Waals surface area contributed by atoms with Gasteiger partial charge in [0.1, 0.15) is 0 Å². The summed E-state index contributed by atoms with van der Waals surface area (Å²) in [6.07, 6.45) is 0. The molecule has 0 aromatic heterocycles. The summed E-state index contributed by atoms with van der Waals surface area (Å²) in [7, 11) is 2.77. The van der Waals surface area contributed by atoms with Gasteiger partial charge in [0, 0.05) is 0 Å². The molecule has 0 atom stereocenters. The van der Waals surface area contributed by atoms with Crippen LogP contribution >= 0.6 is 12.4 Å². The zero-order valence-electron chi connectivity index (χ0n) is 6.17. The molecule has 0 aromatic carbocycles. The highest BCUT2D eigenvalue weighted by molar-refractivity contribution is 5.85. The van der Waals surface area contributed by atoms with Crippen molar-refractivity contribution in [1.29, 1.82) is 0 Å². The lowest BCUT2D eigenvalue weighted by molar-refractivity contribution is -0.166. The Morgan fingerprint density at radius 2 is 1.91 bits per heavy atom. The topological polar surface area (TPSA) is 40.5 Å². The molecule has 68 valence electrons. The van der Waals surface area contributed by atoms with Crippen LogP contribution in [0, 0.1) is 0 Å². The van der Waals surface area contributed by atoms with Crippen molar-refractivity contribution in [2.24, 2.45) is 0 Å². The van der Waals surface area contributed by atoms with Crippen LogP contribution < -0.4 is 0 Å². The number of carbonyl (C=O) groups is 1. The monoisotopic (exact) mass is 189 g/mol. The highest BCUT2D eigenvalue weighted by atomic mass is 35.5. The first-order valence-electron chi connectivity index (χ1n) is 2.62. The third-order valence-corrected chi connectivity index (χ3v) is 0.828. The van der Waals surface area contributed by atoms with Gasteiger partial charge in [-0.25, -0.2) is 4.79 Å². The average Bonchev–Trinajstić information content (AvgIpc) is 1.60. The van der Waals surface area contributed by atoms with Gasteiger partial charge in [0.05, 0.1) is 6.54 Å². The van der Waals surface area contributed by atoms with E-state index in [9.17, 15) is 13.6 Å². The van der Waals surface area contributed by atoms with Gasteiger partial charge in [-0.3, -0.25) is 0 Å². The summed E-state index contributed by atoms with van der Waals surface area (Å²) in [6.45, 7) is -0.762. The number of hydrogen-bond acceptors (Lipinski definition) is 2. The molecule has 0 aliphatic heterocycles. The van der Waals surface area contributed by atoms with Gasteiger partial charge in [0.15, 0.2) is 0 Å². The minimum atomic E-state index is -3.64. The van der Waals surface area contributed by atoms with Crippen molar-refractivity contribution in [1.82, 2.24) is 4.90 Å². The molecule has 0 aliphatic rings. The van der Waals surface area contributed by atoms with Crippen LogP contribution in [-0.2, 0) is 4.79 Å². The second-order valence-corrected chi connectivity index (χ2v) is 2.25. The predicted molar refractivity (Wildman–Crippen MR) is 38.4 cm³/mol. The normalized spacial score (nSPS) is 11.0. The molecule has 0 bridgehead atoms. The van der Waals surface area contributed by atoms with Crippen LogP contribution in [0.5, 0.6) is 0 Å². The molecule has 0 saturated carbocycles. The molecule has 11 heavy (non-hydrogen) atoms. The Kier molecular flexibility index (Phi) is 5.34. The molecule has 6 heteroatoms. The molecule has 0 aliphatic carbocycles. The molecule has 0 rings (SSSR count). The standard InChI is InChI=1S/C5H9F2NO2.ClH/c1-8(2)3-5(6,7)4(9)10;/h3H2,1-2H3,(H,9,10);1H. The third-order valence-electron chi connectivity index (χ3n) is 0.828. The van der Waals surface area contributed by atoms with Crippen molar-refractivity contribution in [3.05, 3.63) is 0 Å². The van der Waals surface area contributed by atoms with Crippen LogP contribution in [0.4, 0.5) is 8.78 Å². The number of hydrogen-bond donors (Lipinski definition) is 1. The Morgan fingerprint density at radius 1 is 1.55 bits per heavy atom. The minimum Gasteiger partial charge on any atom is -0.477 e. The fourth-order valence-corrected chi connectivity index (χ4v) is 0.465. The molecule has 0 radical (unpaired) electrons. The van der Waals surface area contributed by atoms with Crippen LogP contribution in [0.2, 0.25) is 0 Å². The molecular weight excluding hydrogens is 180 g/mol. The van der Waals surface area contributed by atoms with Crippen molar-refractivity contribution in [3.8, 4) is 0 Å². The van der Waals surface area contributed by atoms with E-state index in [0.717, 1.165) is 4.90 Å². The van der Waals surface area contributed by atoms with Gasteiger partial charge in [0.2, 0.25) is 0 Å². The van der Waals surface area contributed by atoms with Crippen LogP contribution in [-0.4, -0.2) is 42.5 Å². The maximum absolute atomic E-state index is 12.2. The number of carboxylic acids is 1. The van der Waals surface area contributed by atoms with Crippen LogP contribution in [0.25, 0.3) is 0 Å². The number of halogens is 3. The van der Waals surface area contributed by atoms with E-state index in [1.165, 1.54) is 14.1 Å². The lowest BCUT2D eigenvalue weighted by Crippen LogP contribution is -2.39. The third kappa shape index (κ3) is 4.92. The zero-order valence-corrected chi connectivity index (χ0v) is 6.99. The van der Waals surface area contributed by atoms with E-state index in [-0.39, 0.29) is 12.4 Å². The fourth-order valence-electron chi connectivity index (χ4n) is 0.465. The summed E-state index contributed by atoms with van der Waals surface area (Å²) in [5.41, 5.74) is 0. The van der Waals surface area contributed by atoms with E-state index in [2.05, 4.69) is 0 Å². The molecule has 3 nitrogen and oxygen atoms in total. The fraction of sp³-hybridized carbons (Fsp3) is 0.800. The number of aliphatic carboxylic acids is 1. The maximum atomic E-state index is 12.2. The molecular formula is C5H10ClF2NO2. The van der Waals surface area contributed by atoms with Crippen molar-refractivity contribution in [2.75, 3.05) is 20.6 Å². The van der Waals surface area contributed by atoms with Crippen molar-refractivity contribution < 1.29 is 18.7 Å². The second kappa shape index (κ2) is 4.46. The van der Waals surface area contributed by atoms with Crippen molar-refractivity contribution in [2.45, 2.75) is 5.92 Å². The molecule has 0 fully saturated rings. The Bertz CT molecular complexity index is 140. The molecule has 1 N–H and O–H groups in total. The van der Waals surface area contributed by atoms with Crippen molar-refractivity contribution >= 4 is 18.4 Å². The highest BCUT2D eigenvalue weighted by Gasteiger charge is 2.38. The first-order chi connectivity index (χ1) is 4.36. The van der Waals surface area contributed by atoms with E-state index >= 15 is 0 Å². The summed E-state index contributed by atoms with van der Waals surface area (Å²) in [5.74, 6) is -5.72. The van der Waals surface area contributed by atoms with Crippen LogP contribution in [0.15, 0.2) is 0 Å². The molecule has 0 heterocycles. The van der Waals surface area contributed by atoms with E-state index < -0.39 is 18.4 Å². The quantitative estimate of drug-likeness (QED) is 0.710. The highest BCUT2D eigenvalue weighted by Crippen LogP contribution is 2.13. The first kappa shape index (κ1) is 13.2. The molecule has 0 amide bonds. The van der Waals surface area contributed by atoms with Gasteiger partial charge in [-0.15, -0.1) is 12.4 Å². The van der Waals surface area contributed by atoms with Gasteiger partial charge in [-0.05, 0) is 14.1 Å². The summed E-state index contributed by atoms with van der Waals surface area (Å²) in [5, 5.41) is 7.91. The Labute approximate surface area is 69.4 Å². The smallest absolute Gasteiger partial charge is 0.375 e. The van der Waals surface area contributed by atoms with Gasteiger partial charge in [0.25, 0.3) is 0 Å². The van der Waals surface area contributed by atoms with Gasteiger partial charge >= 0.3 is 11.9 Å². The maximum Gasteiger partial charge on any atom is 0.375 e. The predicted octanol–water partition coefficient (Wildman–Crippen LogP) is 0.690. The minimum absolute atomic E-state index is 0. The van der Waals surface area contributed by atoms with Gasteiger partial charge < -0.3 is 10.0 Å². The SMILES string of the molecule is CN(C)CC(F)(F)C(=O)O.Cl. The first-order valence-corrected chi connectivity index (χ1v) is 2.62. The van der Waals surface area contributed by atoms with E-state index in [1.807, 2.05) is 0 Å². The Hall–Kier alpha value is -0.420. The van der Waals surface area contributed by atoms with E-state index in [4.69, 9.17) is 5.11 Å². The average molecular weight is 190 g/mol. The van der Waals surface area contributed by atoms with E-state index in [0.29, 0.717) is 0 Å². The summed E-state index contributed by atoms with van der Waals surface area (Å²) >= 11 is 0. The molecule has 0 unspecified atom stereocenters. The molecule has 0 aromatic rings. The van der Waals surface area contributed by atoms with Crippen LogP contribution in [0.3, 0.4) is 0 Å². The zero-order chi connectivity index (χ0) is 8.36. The number of carboxylic acid groups (broad SMARTS) is 1. The Morgan fingerprint density at radius 3 is 2.00 bits per heavy atom. The Balaban J connectivity index is 0. The number of nitrogens with zero attached hydrogens (tertiary/aromatic N) is 1. The summed E-state index contributed by atoms with van der Waals surface area (Å²) < 4.78 is 24.3. The number of rotatable bonds is 3. The lowest BCUT2D eigenvalue weighted by atomic mass is 10.3. The largest absolute Gasteiger partial charge is 0.477 e. The van der Waals surface area contributed by atoms with Gasteiger partial charge in [-0.1, -0.05) is 0 Å². The van der Waals surface area contributed by atoms with Gasteiger partial charge in [-0.2, -0.15) is 8.78 Å². The van der Waals surface area contributed by atoms with Crippen molar-refractivity contribution in [3.63, 3.8) is 0 Å². The van der Waals surface area contributed by atoms with Crippen LogP contribution in [0.1, 0.15) is 0 Å². The molecule has 0 saturated heterocycles. The second-order valence-electron chi connectivity index (χ2n) is 2.25. The lowest BCUT2D eigenvalue weighted by Gasteiger charge is -2.15. The molecule has 0 spiro atoms. The van der Waals surface area contributed by atoms with E-state index in [1.54, 1.807) is 0 Å². The number of alkyl halides is 2. The summed E-state index contributed by atoms with van der Waals surface area (Å²) in [4.78, 5) is 10.9. The summed E-state index contributed by atoms with van der Waals surface area (Å²) in [6, 6.07) is 0.